The van der Waals surface area contributed by atoms with E-state index < -0.39 is 10.0 Å². The fourth-order valence-electron chi connectivity index (χ4n) is 1.44. The highest BCUT2D eigenvalue weighted by Gasteiger charge is 2.06. The third-order valence-corrected chi connectivity index (χ3v) is 4.35. The first-order valence-electron chi connectivity index (χ1n) is 5.32. The third-order valence-electron chi connectivity index (χ3n) is 2.41. The van der Waals surface area contributed by atoms with Crippen molar-refractivity contribution in [2.75, 3.05) is 0 Å². The molecular weight excluding hydrogens is 266 g/mol. The van der Waals surface area contributed by atoms with Crippen LogP contribution in [-0.2, 0) is 10.0 Å². The van der Waals surface area contributed by atoms with Gasteiger partial charge in [0.15, 0.2) is 0 Å². The van der Waals surface area contributed by atoms with Gasteiger partial charge in [-0.25, -0.2) is 13.6 Å². The molecule has 2 N–H and O–H groups in total. The van der Waals surface area contributed by atoms with Crippen LogP contribution in [0.2, 0.25) is 0 Å². The topological polar surface area (TPSA) is 60.2 Å². The molecule has 0 bridgehead atoms. The first kappa shape index (κ1) is 13.1. The summed E-state index contributed by atoms with van der Waals surface area (Å²) in [7, 11) is -3.61. The van der Waals surface area contributed by atoms with Gasteiger partial charge in [-0.3, -0.25) is 0 Å². The molecule has 0 radical (unpaired) electrons. The highest BCUT2D eigenvalue weighted by atomic mass is 32.2. The van der Waals surface area contributed by atoms with Crippen molar-refractivity contribution in [3.8, 4) is 0 Å². The number of benzene rings is 2. The molecule has 0 aromatic heterocycles. The normalized spacial score (nSPS) is 11.4. The molecule has 0 spiro atoms. The Balaban J connectivity index is 2.18. The van der Waals surface area contributed by atoms with Crippen LogP contribution in [0.15, 0.2) is 63.2 Å². The highest BCUT2D eigenvalue weighted by Crippen LogP contribution is 2.28. The summed E-state index contributed by atoms with van der Waals surface area (Å²) in [4.78, 5) is 2.23. The number of rotatable bonds is 3. The van der Waals surface area contributed by atoms with Gasteiger partial charge in [0.1, 0.15) is 0 Å². The van der Waals surface area contributed by atoms with Gasteiger partial charge < -0.3 is 0 Å². The lowest BCUT2D eigenvalue weighted by atomic mass is 10.2. The molecule has 2 rings (SSSR count). The van der Waals surface area contributed by atoms with Crippen molar-refractivity contribution in [1.82, 2.24) is 0 Å². The van der Waals surface area contributed by atoms with Crippen LogP contribution in [0.25, 0.3) is 0 Å². The van der Waals surface area contributed by atoms with E-state index in [1.807, 2.05) is 31.2 Å². The molecule has 0 fully saturated rings. The Morgan fingerprint density at radius 2 is 1.33 bits per heavy atom. The Kier molecular flexibility index (Phi) is 3.75. The fraction of sp³-hybridized carbons (Fsp3) is 0.0769. The summed E-state index contributed by atoms with van der Waals surface area (Å²) in [6.45, 7) is 2.04. The Hall–Kier alpha value is -1.30. The summed E-state index contributed by atoms with van der Waals surface area (Å²) in [6, 6.07) is 14.7. The van der Waals surface area contributed by atoms with Crippen molar-refractivity contribution in [2.24, 2.45) is 5.14 Å². The third kappa shape index (κ3) is 3.35. The van der Waals surface area contributed by atoms with Gasteiger partial charge in [-0.05, 0) is 43.3 Å². The second-order valence-corrected chi connectivity index (χ2v) is 6.64. The van der Waals surface area contributed by atoms with Crippen molar-refractivity contribution in [3.63, 3.8) is 0 Å². The molecule has 0 aliphatic rings. The second-order valence-electron chi connectivity index (χ2n) is 3.93. The van der Waals surface area contributed by atoms with Crippen LogP contribution in [0.3, 0.4) is 0 Å². The van der Waals surface area contributed by atoms with E-state index in [1.54, 1.807) is 23.9 Å². The lowest BCUT2D eigenvalue weighted by molar-refractivity contribution is 0.597. The van der Waals surface area contributed by atoms with Crippen LogP contribution < -0.4 is 5.14 Å². The van der Waals surface area contributed by atoms with Crippen LogP contribution in [0.1, 0.15) is 5.56 Å². The van der Waals surface area contributed by atoms with E-state index in [4.69, 9.17) is 5.14 Å². The Morgan fingerprint density at radius 1 is 0.889 bits per heavy atom. The maximum atomic E-state index is 11.1. The van der Waals surface area contributed by atoms with E-state index in [0.29, 0.717) is 0 Å². The summed E-state index contributed by atoms with van der Waals surface area (Å²) < 4.78 is 22.2. The number of primary sulfonamides is 1. The highest BCUT2D eigenvalue weighted by molar-refractivity contribution is 7.99. The monoisotopic (exact) mass is 279 g/mol. The van der Waals surface area contributed by atoms with E-state index in [1.165, 1.54) is 17.7 Å². The number of hydrogen-bond donors (Lipinski definition) is 1. The molecule has 2 aromatic rings. The molecule has 0 aliphatic heterocycles. The maximum Gasteiger partial charge on any atom is 0.238 e. The van der Waals surface area contributed by atoms with Crippen LogP contribution >= 0.6 is 11.8 Å². The molecule has 3 nitrogen and oxygen atoms in total. The van der Waals surface area contributed by atoms with Crippen molar-refractivity contribution < 1.29 is 8.42 Å². The summed E-state index contributed by atoms with van der Waals surface area (Å²) in [5.41, 5.74) is 1.21. The molecule has 0 aliphatic carbocycles. The molecule has 0 unspecified atom stereocenters. The van der Waals surface area contributed by atoms with Gasteiger partial charge in [0.05, 0.1) is 4.90 Å². The first-order chi connectivity index (χ1) is 8.45. The molecule has 0 amide bonds. The predicted molar refractivity (Wildman–Crippen MR) is 73.1 cm³/mol. The summed E-state index contributed by atoms with van der Waals surface area (Å²) in [6.07, 6.45) is 0. The summed E-state index contributed by atoms with van der Waals surface area (Å²) in [5, 5.41) is 5.04. The van der Waals surface area contributed by atoms with E-state index in [0.717, 1.165) is 9.79 Å². The molecular formula is C13H13NO2S2. The molecule has 0 atom stereocenters. The molecule has 5 heteroatoms. The van der Waals surface area contributed by atoms with Crippen LogP contribution in [0.5, 0.6) is 0 Å². The van der Waals surface area contributed by atoms with Crippen molar-refractivity contribution in [1.29, 1.82) is 0 Å². The zero-order chi connectivity index (χ0) is 13.2. The smallest absolute Gasteiger partial charge is 0.225 e. The van der Waals surface area contributed by atoms with Gasteiger partial charge in [0.25, 0.3) is 0 Å². The van der Waals surface area contributed by atoms with Gasteiger partial charge in [-0.15, -0.1) is 0 Å². The Bertz CT molecular complexity index is 632. The largest absolute Gasteiger partial charge is 0.238 e. The van der Waals surface area contributed by atoms with Crippen LogP contribution in [0.4, 0.5) is 0 Å². The minimum absolute atomic E-state index is 0.135. The minimum Gasteiger partial charge on any atom is -0.225 e. The van der Waals surface area contributed by atoms with E-state index in [9.17, 15) is 8.42 Å². The second kappa shape index (κ2) is 5.14. The Morgan fingerprint density at radius 3 is 1.78 bits per heavy atom. The molecule has 0 saturated carbocycles. The summed E-state index contributed by atoms with van der Waals surface area (Å²) >= 11 is 1.58. The van der Waals surface area contributed by atoms with Gasteiger partial charge >= 0.3 is 0 Å². The zero-order valence-electron chi connectivity index (χ0n) is 9.83. The van der Waals surface area contributed by atoms with Gasteiger partial charge in [-0.1, -0.05) is 29.5 Å². The van der Waals surface area contributed by atoms with Crippen molar-refractivity contribution in [3.05, 3.63) is 54.1 Å². The maximum absolute atomic E-state index is 11.1. The summed E-state index contributed by atoms with van der Waals surface area (Å²) in [5.74, 6) is 0. The van der Waals surface area contributed by atoms with E-state index >= 15 is 0 Å². The first-order valence-corrected chi connectivity index (χ1v) is 7.69. The Labute approximate surface area is 111 Å². The van der Waals surface area contributed by atoms with Crippen LogP contribution in [-0.4, -0.2) is 8.42 Å². The van der Waals surface area contributed by atoms with Gasteiger partial charge in [-0.2, -0.15) is 0 Å². The van der Waals surface area contributed by atoms with Crippen molar-refractivity contribution in [2.45, 2.75) is 21.6 Å². The van der Waals surface area contributed by atoms with Gasteiger partial charge in [0.2, 0.25) is 10.0 Å². The van der Waals surface area contributed by atoms with E-state index in [-0.39, 0.29) is 4.90 Å². The number of aryl methyl sites for hydroxylation is 1. The standard InChI is InChI=1S/C13H13NO2S2/c1-10-2-4-11(5-3-10)17-12-6-8-13(9-7-12)18(14,15)16/h2-9H,1H3,(H2,14,15,16). The fourth-order valence-corrected chi connectivity index (χ4v) is 2.77. The molecule has 18 heavy (non-hydrogen) atoms. The van der Waals surface area contributed by atoms with E-state index in [2.05, 4.69) is 0 Å². The number of sulfonamides is 1. The van der Waals surface area contributed by atoms with Gasteiger partial charge in [0, 0.05) is 9.79 Å². The quantitative estimate of drug-likeness (QED) is 0.939. The zero-order valence-corrected chi connectivity index (χ0v) is 11.5. The minimum atomic E-state index is -3.61. The lowest BCUT2D eigenvalue weighted by Gasteiger charge is -2.03. The van der Waals surface area contributed by atoms with Crippen molar-refractivity contribution >= 4 is 21.8 Å². The number of hydrogen-bond acceptors (Lipinski definition) is 3. The predicted octanol–water partition coefficient (Wildman–Crippen LogP) is 2.79. The molecule has 0 heterocycles. The average molecular weight is 279 g/mol. The average Bonchev–Trinajstić information content (AvgIpc) is 2.32. The molecule has 2 aromatic carbocycles. The molecule has 0 saturated heterocycles. The number of nitrogens with two attached hydrogens (primary N) is 1. The SMILES string of the molecule is Cc1ccc(Sc2ccc(S(N)(=O)=O)cc2)cc1. The molecule has 94 valence electrons. The van der Waals surface area contributed by atoms with Crippen LogP contribution in [0, 0.1) is 6.92 Å². The lowest BCUT2D eigenvalue weighted by Crippen LogP contribution is -2.11.